The first kappa shape index (κ1) is 7.25. The highest BCUT2D eigenvalue weighted by Gasteiger charge is 2.11. The first-order valence-electron chi connectivity index (χ1n) is 3.50. The number of nitrogens with zero attached hydrogens (tertiary/aromatic N) is 1. The van der Waals surface area contributed by atoms with Crippen LogP contribution < -0.4 is 0 Å². The Kier molecular flexibility index (Phi) is 2.42. The Labute approximate surface area is 60.1 Å². The molecule has 0 N–H and O–H groups in total. The number of rotatable bonds is 3. The summed E-state index contributed by atoms with van der Waals surface area (Å²) in [6.07, 6.45) is 4.73. The molecule has 0 aromatic rings. The maximum atomic E-state index is 10.7. The molecular weight excluding hydrogens is 130 g/mol. The first-order valence-corrected chi connectivity index (χ1v) is 3.50. The quantitative estimate of drug-likeness (QED) is 0.549. The maximum absolute atomic E-state index is 10.7. The lowest BCUT2D eigenvalue weighted by Crippen LogP contribution is -2.15. The number of carbonyl (C=O) groups excluding carboxylic acids is 1. The summed E-state index contributed by atoms with van der Waals surface area (Å²) in [5.41, 5.74) is 0. The van der Waals surface area contributed by atoms with Crippen LogP contribution in [0.4, 0.5) is 0 Å². The van der Waals surface area contributed by atoms with Gasteiger partial charge in [-0.25, -0.2) is 0 Å². The molecule has 0 spiro atoms. The van der Waals surface area contributed by atoms with Crippen LogP contribution >= 0.6 is 0 Å². The normalized spacial score (nSPS) is 23.3. The van der Waals surface area contributed by atoms with Gasteiger partial charge in [-0.05, 0) is 6.42 Å². The molecule has 1 amide bonds. The summed E-state index contributed by atoms with van der Waals surface area (Å²) in [4.78, 5) is 14.1. The third kappa shape index (κ3) is 1.56. The Morgan fingerprint density at radius 1 is 1.80 bits per heavy atom. The molecule has 0 radical (unpaired) electrons. The van der Waals surface area contributed by atoms with E-state index in [0.29, 0.717) is 0 Å². The topological polar surface area (TPSA) is 38.7 Å². The molecule has 10 heavy (non-hydrogen) atoms. The minimum absolute atomic E-state index is 0.187. The predicted molar refractivity (Wildman–Crippen MR) is 36.8 cm³/mol. The van der Waals surface area contributed by atoms with Crippen molar-refractivity contribution in [2.24, 2.45) is 4.99 Å². The first-order chi connectivity index (χ1) is 4.84. The van der Waals surface area contributed by atoms with E-state index in [2.05, 4.69) is 18.3 Å². The molecule has 3 nitrogen and oxygen atoms in total. The molecular formula is C7H10NO2-. The minimum atomic E-state index is -0.333. The zero-order valence-corrected chi connectivity index (χ0v) is 5.96. The summed E-state index contributed by atoms with van der Waals surface area (Å²) in [6.45, 7) is 2.07. The van der Waals surface area contributed by atoms with Crippen LogP contribution in [0, 0.1) is 0 Å². The van der Waals surface area contributed by atoms with Crippen molar-refractivity contribution in [3.8, 4) is 0 Å². The lowest BCUT2D eigenvalue weighted by molar-refractivity contribution is -0.122. The monoisotopic (exact) mass is 140 g/mol. The van der Waals surface area contributed by atoms with E-state index < -0.39 is 0 Å². The summed E-state index contributed by atoms with van der Waals surface area (Å²) in [5, 5.41) is 0. The minimum Gasteiger partial charge on any atom is -0.578 e. The predicted octanol–water partition coefficient (Wildman–Crippen LogP) is 1.01. The van der Waals surface area contributed by atoms with Gasteiger partial charge >= 0.3 is 0 Å². The Bertz CT molecular complexity index is 154. The highest BCUT2D eigenvalue weighted by molar-refractivity contribution is 5.91. The summed E-state index contributed by atoms with van der Waals surface area (Å²) >= 11 is 0. The zero-order valence-electron chi connectivity index (χ0n) is 5.96. The summed E-state index contributed by atoms with van der Waals surface area (Å²) in [5.74, 6) is -0.187. The lowest BCUT2D eigenvalue weighted by atomic mass is 10.1. The van der Waals surface area contributed by atoms with Crippen LogP contribution in [-0.4, -0.2) is 18.4 Å². The van der Waals surface area contributed by atoms with Gasteiger partial charge in [0, 0.05) is 6.40 Å². The average molecular weight is 140 g/mol. The largest absolute Gasteiger partial charge is 0.578 e. The molecule has 1 heterocycles. The van der Waals surface area contributed by atoms with Crippen molar-refractivity contribution in [3.05, 3.63) is 0 Å². The van der Waals surface area contributed by atoms with E-state index >= 15 is 0 Å². The number of hydrogen-bond donors (Lipinski definition) is 0. The van der Waals surface area contributed by atoms with Gasteiger partial charge in [-0.2, -0.15) is 0 Å². The van der Waals surface area contributed by atoms with Crippen molar-refractivity contribution in [1.82, 2.24) is 0 Å². The third-order valence-corrected chi connectivity index (χ3v) is 1.45. The zero-order chi connectivity index (χ0) is 7.40. The second-order valence-electron chi connectivity index (χ2n) is 2.29. The van der Waals surface area contributed by atoms with Crippen molar-refractivity contribution in [2.45, 2.75) is 32.3 Å². The summed E-state index contributed by atoms with van der Waals surface area (Å²) in [6, 6.07) is 0. The summed E-state index contributed by atoms with van der Waals surface area (Å²) < 4.78 is 4.80. The molecule has 0 saturated heterocycles. The molecule has 1 unspecified atom stereocenters. The average Bonchev–Trinajstić information content (AvgIpc) is 2.31. The van der Waals surface area contributed by atoms with Crippen LogP contribution in [-0.2, 0) is 9.53 Å². The molecule has 3 heteroatoms. The van der Waals surface area contributed by atoms with Crippen LogP contribution in [0.15, 0.2) is 4.99 Å². The fourth-order valence-corrected chi connectivity index (χ4v) is 0.829. The number of ether oxygens (including phenoxy) is 1. The van der Waals surface area contributed by atoms with Crippen LogP contribution in [0.5, 0.6) is 0 Å². The number of carbonyl (C=O) groups is 1. The molecule has 1 aliphatic rings. The molecule has 0 aromatic heterocycles. The second kappa shape index (κ2) is 3.34. The molecule has 1 atom stereocenters. The molecule has 0 saturated carbocycles. The van der Waals surface area contributed by atoms with Crippen LogP contribution in [0.2, 0.25) is 0 Å². The van der Waals surface area contributed by atoms with Gasteiger partial charge in [-0.15, -0.1) is 0 Å². The van der Waals surface area contributed by atoms with Crippen LogP contribution in [0.3, 0.4) is 0 Å². The van der Waals surface area contributed by atoms with Crippen molar-refractivity contribution in [3.63, 3.8) is 0 Å². The SMILES string of the molecule is CCCCC1O[C-]=NC1=O. The standard InChI is InChI=1S/C7H10NO2/c1-2-3-4-6-7(9)8-5-10-6/h6H,2-4H2,1H3/q-1. The van der Waals surface area contributed by atoms with Crippen molar-refractivity contribution in [1.29, 1.82) is 0 Å². The molecule has 0 aromatic carbocycles. The molecule has 0 aliphatic carbocycles. The van der Waals surface area contributed by atoms with Crippen LogP contribution in [0.25, 0.3) is 0 Å². The van der Waals surface area contributed by atoms with E-state index in [4.69, 9.17) is 4.74 Å². The van der Waals surface area contributed by atoms with E-state index in [1.807, 2.05) is 0 Å². The fourth-order valence-electron chi connectivity index (χ4n) is 0.829. The number of aliphatic imine (C=N–C) groups is 1. The smallest absolute Gasteiger partial charge is 0.127 e. The van der Waals surface area contributed by atoms with Gasteiger partial charge < -0.3 is 14.5 Å². The molecule has 0 fully saturated rings. The van der Waals surface area contributed by atoms with Gasteiger partial charge in [0.2, 0.25) is 0 Å². The number of unbranched alkanes of at least 4 members (excludes halogenated alkanes) is 1. The van der Waals surface area contributed by atoms with Gasteiger partial charge in [-0.3, -0.25) is 0 Å². The number of hydrogen-bond acceptors (Lipinski definition) is 2. The molecule has 56 valence electrons. The Hall–Kier alpha value is -0.860. The van der Waals surface area contributed by atoms with Crippen LogP contribution in [0.1, 0.15) is 26.2 Å². The van der Waals surface area contributed by atoms with Gasteiger partial charge in [-0.1, -0.05) is 19.8 Å². The van der Waals surface area contributed by atoms with Gasteiger partial charge in [0.15, 0.2) is 0 Å². The Morgan fingerprint density at radius 2 is 2.60 bits per heavy atom. The van der Waals surface area contributed by atoms with E-state index in [0.717, 1.165) is 19.3 Å². The molecule has 0 bridgehead atoms. The third-order valence-electron chi connectivity index (χ3n) is 1.45. The van der Waals surface area contributed by atoms with E-state index in [9.17, 15) is 4.79 Å². The van der Waals surface area contributed by atoms with Gasteiger partial charge in [0.05, 0.1) is 6.10 Å². The second-order valence-corrected chi connectivity index (χ2v) is 2.29. The Morgan fingerprint density at radius 3 is 3.10 bits per heavy atom. The lowest BCUT2D eigenvalue weighted by Gasteiger charge is -2.12. The maximum Gasteiger partial charge on any atom is 0.127 e. The van der Waals surface area contributed by atoms with Crippen molar-refractivity contribution >= 4 is 12.3 Å². The van der Waals surface area contributed by atoms with Gasteiger partial charge in [0.25, 0.3) is 0 Å². The van der Waals surface area contributed by atoms with Crippen molar-refractivity contribution < 1.29 is 9.53 Å². The van der Waals surface area contributed by atoms with Gasteiger partial charge in [0.1, 0.15) is 5.91 Å². The van der Waals surface area contributed by atoms with E-state index in [1.54, 1.807) is 0 Å². The number of amides is 1. The van der Waals surface area contributed by atoms with E-state index in [-0.39, 0.29) is 12.0 Å². The fraction of sp³-hybridized carbons (Fsp3) is 0.714. The Balaban J connectivity index is 2.24. The highest BCUT2D eigenvalue weighted by Crippen LogP contribution is 2.09. The summed E-state index contributed by atoms with van der Waals surface area (Å²) in [7, 11) is 0. The van der Waals surface area contributed by atoms with Crippen molar-refractivity contribution in [2.75, 3.05) is 0 Å². The molecule has 1 rings (SSSR count). The van der Waals surface area contributed by atoms with E-state index in [1.165, 1.54) is 0 Å². The molecule has 1 aliphatic heterocycles. The highest BCUT2D eigenvalue weighted by atomic mass is 16.5.